The number of rotatable bonds is 3. The summed E-state index contributed by atoms with van der Waals surface area (Å²) in [6, 6.07) is 12.5. The zero-order chi connectivity index (χ0) is 13.2. The van der Waals surface area contributed by atoms with Gasteiger partial charge in [-0.3, -0.25) is 9.67 Å². The molecule has 4 heteroatoms. The molecular weight excluding hydrogens is 236 g/mol. The summed E-state index contributed by atoms with van der Waals surface area (Å²) in [5, 5.41) is 8.94. The van der Waals surface area contributed by atoms with Gasteiger partial charge in [0.25, 0.3) is 0 Å². The lowest BCUT2D eigenvalue weighted by atomic mass is 10.0. The van der Waals surface area contributed by atoms with Crippen LogP contribution in [0.15, 0.2) is 48.8 Å². The second kappa shape index (κ2) is 4.82. The van der Waals surface area contributed by atoms with E-state index in [1.165, 1.54) is 5.56 Å². The lowest BCUT2D eigenvalue weighted by Crippen LogP contribution is -2.18. The largest absolute Gasteiger partial charge is 0.308 e. The van der Waals surface area contributed by atoms with Gasteiger partial charge in [-0.1, -0.05) is 18.2 Å². The molecule has 19 heavy (non-hydrogen) atoms. The van der Waals surface area contributed by atoms with Crippen molar-refractivity contribution in [2.24, 2.45) is 7.05 Å². The predicted octanol–water partition coefficient (Wildman–Crippen LogP) is 2.28. The number of nitrogens with zero attached hydrogens (tertiary/aromatic N) is 3. The number of benzene rings is 1. The Kier molecular flexibility index (Phi) is 3.01. The third-order valence-electron chi connectivity index (χ3n) is 3.28. The average molecular weight is 252 g/mol. The second-order valence-corrected chi connectivity index (χ2v) is 4.59. The van der Waals surface area contributed by atoms with Crippen LogP contribution in [0.5, 0.6) is 0 Å². The molecule has 0 amide bonds. The van der Waals surface area contributed by atoms with Crippen LogP contribution in [0, 0.1) is 0 Å². The van der Waals surface area contributed by atoms with E-state index in [9.17, 15) is 0 Å². The topological polar surface area (TPSA) is 42.7 Å². The van der Waals surface area contributed by atoms with Gasteiger partial charge in [-0.25, -0.2) is 0 Å². The maximum absolute atomic E-state index is 4.47. The second-order valence-electron chi connectivity index (χ2n) is 4.59. The summed E-state index contributed by atoms with van der Waals surface area (Å²) >= 11 is 0. The van der Waals surface area contributed by atoms with Crippen LogP contribution in [0.2, 0.25) is 0 Å². The highest BCUT2D eigenvalue weighted by molar-refractivity contribution is 5.79. The van der Waals surface area contributed by atoms with Crippen LogP contribution in [0.4, 0.5) is 0 Å². The van der Waals surface area contributed by atoms with Gasteiger partial charge in [-0.15, -0.1) is 0 Å². The van der Waals surface area contributed by atoms with Crippen molar-refractivity contribution in [3.8, 4) is 0 Å². The predicted molar refractivity (Wildman–Crippen MR) is 75.9 cm³/mol. The van der Waals surface area contributed by atoms with Crippen molar-refractivity contribution in [2.75, 3.05) is 7.05 Å². The number of aromatic nitrogens is 3. The molecule has 2 aromatic heterocycles. The monoisotopic (exact) mass is 252 g/mol. The van der Waals surface area contributed by atoms with Crippen LogP contribution in [0.25, 0.3) is 10.9 Å². The molecule has 0 aliphatic rings. The summed E-state index contributed by atoms with van der Waals surface area (Å²) in [5.41, 5.74) is 3.20. The number of hydrogen-bond acceptors (Lipinski definition) is 3. The smallest absolute Gasteiger partial charge is 0.0839 e. The number of hydrogen-bond donors (Lipinski definition) is 1. The Hall–Kier alpha value is -2.20. The minimum atomic E-state index is 0.0904. The van der Waals surface area contributed by atoms with Gasteiger partial charge in [0.2, 0.25) is 0 Å². The van der Waals surface area contributed by atoms with Gasteiger partial charge in [-0.2, -0.15) is 5.10 Å². The van der Waals surface area contributed by atoms with Crippen molar-refractivity contribution in [3.05, 3.63) is 60.0 Å². The Morgan fingerprint density at radius 2 is 2.11 bits per heavy atom. The van der Waals surface area contributed by atoms with Crippen molar-refractivity contribution < 1.29 is 0 Å². The molecule has 0 aliphatic heterocycles. The van der Waals surface area contributed by atoms with Crippen molar-refractivity contribution in [1.29, 1.82) is 0 Å². The molecule has 0 bridgehead atoms. The fourth-order valence-electron chi connectivity index (χ4n) is 2.34. The van der Waals surface area contributed by atoms with Gasteiger partial charge in [-0.05, 0) is 30.8 Å². The number of aryl methyl sites for hydroxylation is 1. The van der Waals surface area contributed by atoms with Crippen molar-refractivity contribution in [1.82, 2.24) is 20.1 Å². The molecule has 0 fully saturated rings. The van der Waals surface area contributed by atoms with Gasteiger partial charge < -0.3 is 5.32 Å². The molecule has 4 nitrogen and oxygen atoms in total. The Labute approximate surface area is 112 Å². The highest BCUT2D eigenvalue weighted by Gasteiger charge is 2.14. The normalized spacial score (nSPS) is 12.7. The fourth-order valence-corrected chi connectivity index (χ4v) is 2.34. The Bertz CT molecular complexity index is 702. The Morgan fingerprint density at radius 3 is 2.84 bits per heavy atom. The third-order valence-corrected chi connectivity index (χ3v) is 3.28. The first-order valence-electron chi connectivity index (χ1n) is 6.29. The van der Waals surface area contributed by atoms with E-state index >= 15 is 0 Å². The minimum absolute atomic E-state index is 0.0904. The molecular formula is C15H16N4. The van der Waals surface area contributed by atoms with Gasteiger partial charge in [0, 0.05) is 24.8 Å². The first-order chi connectivity index (χ1) is 9.28. The molecule has 3 rings (SSSR count). The van der Waals surface area contributed by atoms with Gasteiger partial charge in [0.1, 0.15) is 0 Å². The first kappa shape index (κ1) is 11.9. The fraction of sp³-hybridized carbons (Fsp3) is 0.200. The van der Waals surface area contributed by atoms with Gasteiger partial charge in [0.05, 0.1) is 17.3 Å². The SMILES string of the molecule is CNC(c1ccc2cccnc2c1)c1ccn(C)n1. The molecule has 1 aromatic carbocycles. The molecule has 2 heterocycles. The lowest BCUT2D eigenvalue weighted by Gasteiger charge is -2.14. The van der Waals surface area contributed by atoms with Crippen LogP contribution in [-0.2, 0) is 7.05 Å². The summed E-state index contributed by atoms with van der Waals surface area (Å²) < 4.78 is 1.82. The molecule has 0 saturated carbocycles. The Morgan fingerprint density at radius 1 is 1.21 bits per heavy atom. The van der Waals surface area contributed by atoms with Gasteiger partial charge in [0.15, 0.2) is 0 Å². The molecule has 3 aromatic rings. The van der Waals surface area contributed by atoms with Crippen molar-refractivity contribution >= 4 is 10.9 Å². The van der Waals surface area contributed by atoms with E-state index in [1.54, 1.807) is 0 Å². The maximum Gasteiger partial charge on any atom is 0.0839 e. The molecule has 96 valence electrons. The molecule has 0 radical (unpaired) electrons. The summed E-state index contributed by atoms with van der Waals surface area (Å²) in [4.78, 5) is 4.40. The standard InChI is InChI=1S/C15H16N4/c1-16-15(13-7-9-19(2)18-13)12-6-5-11-4-3-8-17-14(11)10-12/h3-10,15-16H,1-2H3. The van der Waals surface area contributed by atoms with E-state index in [4.69, 9.17) is 0 Å². The Balaban J connectivity index is 2.06. The molecule has 0 spiro atoms. The van der Waals surface area contributed by atoms with Crippen LogP contribution >= 0.6 is 0 Å². The number of nitrogens with one attached hydrogen (secondary N) is 1. The van der Waals surface area contributed by atoms with E-state index < -0.39 is 0 Å². The zero-order valence-corrected chi connectivity index (χ0v) is 11.0. The molecule has 0 aliphatic carbocycles. The van der Waals surface area contributed by atoms with E-state index in [-0.39, 0.29) is 6.04 Å². The lowest BCUT2D eigenvalue weighted by molar-refractivity contribution is 0.642. The van der Waals surface area contributed by atoms with Crippen molar-refractivity contribution in [3.63, 3.8) is 0 Å². The van der Waals surface area contributed by atoms with E-state index in [0.717, 1.165) is 16.6 Å². The van der Waals surface area contributed by atoms with E-state index in [0.29, 0.717) is 0 Å². The van der Waals surface area contributed by atoms with Gasteiger partial charge >= 0.3 is 0 Å². The van der Waals surface area contributed by atoms with Crippen molar-refractivity contribution in [2.45, 2.75) is 6.04 Å². The molecule has 0 saturated heterocycles. The summed E-state index contributed by atoms with van der Waals surface area (Å²) in [7, 11) is 3.88. The molecule has 1 N–H and O–H groups in total. The average Bonchev–Trinajstić information content (AvgIpc) is 2.86. The van der Waals surface area contributed by atoms with Crippen LogP contribution < -0.4 is 5.32 Å². The first-order valence-corrected chi connectivity index (χ1v) is 6.29. The van der Waals surface area contributed by atoms with Crippen LogP contribution in [-0.4, -0.2) is 21.8 Å². The minimum Gasteiger partial charge on any atom is -0.308 e. The number of pyridine rings is 1. The quantitative estimate of drug-likeness (QED) is 0.777. The summed E-state index contributed by atoms with van der Waals surface area (Å²) in [6.45, 7) is 0. The third kappa shape index (κ3) is 2.22. The summed E-state index contributed by atoms with van der Waals surface area (Å²) in [6.07, 6.45) is 3.78. The number of fused-ring (bicyclic) bond motifs is 1. The van der Waals surface area contributed by atoms with E-state index in [2.05, 4.69) is 39.7 Å². The highest BCUT2D eigenvalue weighted by Crippen LogP contribution is 2.23. The summed E-state index contributed by atoms with van der Waals surface area (Å²) in [5.74, 6) is 0. The maximum atomic E-state index is 4.47. The molecule has 1 unspecified atom stereocenters. The van der Waals surface area contributed by atoms with Crippen LogP contribution in [0.1, 0.15) is 17.3 Å². The van der Waals surface area contributed by atoms with E-state index in [1.807, 2.05) is 43.3 Å². The highest BCUT2D eigenvalue weighted by atomic mass is 15.3. The molecule has 1 atom stereocenters. The van der Waals surface area contributed by atoms with Crippen LogP contribution in [0.3, 0.4) is 0 Å². The zero-order valence-electron chi connectivity index (χ0n) is 11.0.